The Morgan fingerprint density at radius 3 is 2.62 bits per heavy atom. The number of nitriles is 1. The number of nitrogens with one attached hydrogen (secondary N) is 1. The summed E-state index contributed by atoms with van der Waals surface area (Å²) >= 11 is 0. The normalized spacial score (nSPS) is 11.0. The van der Waals surface area contributed by atoms with E-state index >= 15 is 0 Å². The topological polar surface area (TPSA) is 96.3 Å². The van der Waals surface area contributed by atoms with Crippen LogP contribution in [0.3, 0.4) is 0 Å². The standard InChI is InChI=1S/C19H20N2O4S/c1-14-7-8-18(15(2)11-14)26(23,24)21-10-9-19(22)25-13-17-6-4-3-5-16(17)12-20/h3-8,11,21H,9-10,13H2,1-2H3. The van der Waals surface area contributed by atoms with Crippen LogP contribution in [0.2, 0.25) is 0 Å². The molecule has 0 aliphatic heterocycles. The van der Waals surface area contributed by atoms with E-state index in [1.807, 2.05) is 13.0 Å². The molecule has 0 unspecified atom stereocenters. The molecule has 0 amide bonds. The average Bonchev–Trinajstić information content (AvgIpc) is 2.59. The van der Waals surface area contributed by atoms with Crippen LogP contribution in [0.25, 0.3) is 0 Å². The van der Waals surface area contributed by atoms with Gasteiger partial charge in [0.1, 0.15) is 6.61 Å². The summed E-state index contributed by atoms with van der Waals surface area (Å²) in [5, 5.41) is 9.00. The molecular weight excluding hydrogens is 352 g/mol. The first kappa shape index (κ1) is 19.6. The van der Waals surface area contributed by atoms with Gasteiger partial charge in [0.25, 0.3) is 0 Å². The molecule has 7 heteroatoms. The van der Waals surface area contributed by atoms with Crippen LogP contribution in [0.1, 0.15) is 28.7 Å². The highest BCUT2D eigenvalue weighted by atomic mass is 32.2. The summed E-state index contributed by atoms with van der Waals surface area (Å²) in [4.78, 5) is 12.0. The van der Waals surface area contributed by atoms with Gasteiger partial charge in [-0.25, -0.2) is 13.1 Å². The number of aryl methyl sites for hydroxylation is 2. The summed E-state index contributed by atoms with van der Waals surface area (Å²) in [6.07, 6.45) is -0.0984. The molecule has 2 aromatic rings. The highest BCUT2D eigenvalue weighted by Crippen LogP contribution is 2.16. The fourth-order valence-corrected chi connectivity index (χ4v) is 3.71. The van der Waals surface area contributed by atoms with Crippen LogP contribution in [-0.2, 0) is 26.2 Å². The lowest BCUT2D eigenvalue weighted by Crippen LogP contribution is -2.27. The zero-order valence-corrected chi connectivity index (χ0v) is 15.5. The third-order valence-corrected chi connectivity index (χ3v) is 5.39. The number of sulfonamides is 1. The van der Waals surface area contributed by atoms with Crippen LogP contribution >= 0.6 is 0 Å². The summed E-state index contributed by atoms with van der Waals surface area (Å²) in [7, 11) is -3.68. The van der Waals surface area contributed by atoms with E-state index in [1.165, 1.54) is 0 Å². The number of hydrogen-bond acceptors (Lipinski definition) is 5. The summed E-state index contributed by atoms with van der Waals surface area (Å²) in [5.74, 6) is -0.541. The van der Waals surface area contributed by atoms with Crippen molar-refractivity contribution >= 4 is 16.0 Å². The minimum Gasteiger partial charge on any atom is -0.461 e. The number of benzene rings is 2. The highest BCUT2D eigenvalue weighted by Gasteiger charge is 2.17. The molecule has 0 spiro atoms. The Bertz CT molecular complexity index is 946. The molecule has 6 nitrogen and oxygen atoms in total. The molecule has 0 aliphatic rings. The van der Waals surface area contributed by atoms with Crippen molar-refractivity contribution in [3.63, 3.8) is 0 Å². The van der Waals surface area contributed by atoms with Gasteiger partial charge in [-0.3, -0.25) is 4.79 Å². The van der Waals surface area contributed by atoms with Gasteiger partial charge < -0.3 is 4.74 Å². The fraction of sp³-hybridized carbons (Fsp3) is 0.263. The number of esters is 1. The Hall–Kier alpha value is -2.69. The lowest BCUT2D eigenvalue weighted by Gasteiger charge is -2.10. The van der Waals surface area contributed by atoms with Crippen molar-refractivity contribution in [1.82, 2.24) is 4.72 Å². The molecule has 0 saturated carbocycles. The van der Waals surface area contributed by atoms with E-state index in [0.29, 0.717) is 16.7 Å². The van der Waals surface area contributed by atoms with E-state index in [2.05, 4.69) is 4.72 Å². The van der Waals surface area contributed by atoms with Crippen molar-refractivity contribution in [2.24, 2.45) is 0 Å². The minimum atomic E-state index is -3.68. The fourth-order valence-electron chi connectivity index (χ4n) is 2.45. The maximum absolute atomic E-state index is 12.3. The predicted molar refractivity (Wildman–Crippen MR) is 96.7 cm³/mol. The second-order valence-electron chi connectivity index (χ2n) is 5.85. The van der Waals surface area contributed by atoms with Crippen molar-refractivity contribution in [1.29, 1.82) is 5.26 Å². The molecule has 26 heavy (non-hydrogen) atoms. The average molecular weight is 372 g/mol. The molecule has 0 radical (unpaired) electrons. The molecule has 0 atom stereocenters. The maximum Gasteiger partial charge on any atom is 0.307 e. The predicted octanol–water partition coefficient (Wildman–Crippen LogP) is 2.59. The summed E-state index contributed by atoms with van der Waals surface area (Å²) in [6.45, 7) is 3.53. The molecular formula is C19H20N2O4S. The van der Waals surface area contributed by atoms with Crippen molar-refractivity contribution < 1.29 is 17.9 Å². The first-order chi connectivity index (χ1) is 12.3. The van der Waals surface area contributed by atoms with Crippen LogP contribution in [0.4, 0.5) is 0 Å². The Kier molecular flexibility index (Phi) is 6.50. The van der Waals surface area contributed by atoms with E-state index in [1.54, 1.807) is 49.4 Å². The molecule has 0 saturated heterocycles. The quantitative estimate of drug-likeness (QED) is 0.754. The SMILES string of the molecule is Cc1ccc(S(=O)(=O)NCCC(=O)OCc2ccccc2C#N)c(C)c1. The molecule has 0 aliphatic carbocycles. The van der Waals surface area contributed by atoms with Gasteiger partial charge in [-0.05, 0) is 31.5 Å². The molecule has 136 valence electrons. The van der Waals surface area contributed by atoms with Crippen LogP contribution in [0, 0.1) is 25.2 Å². The monoisotopic (exact) mass is 372 g/mol. The van der Waals surface area contributed by atoms with E-state index in [9.17, 15) is 13.2 Å². The first-order valence-electron chi connectivity index (χ1n) is 8.04. The van der Waals surface area contributed by atoms with Crippen LogP contribution in [-0.4, -0.2) is 20.9 Å². The summed E-state index contributed by atoms with van der Waals surface area (Å²) in [6, 6.07) is 13.9. The molecule has 0 bridgehead atoms. The van der Waals surface area contributed by atoms with Crippen molar-refractivity contribution in [3.05, 3.63) is 64.7 Å². The third kappa shape index (κ3) is 5.15. The number of carbonyl (C=O) groups is 1. The Labute approximate surface area is 153 Å². The Morgan fingerprint density at radius 2 is 1.92 bits per heavy atom. The number of ether oxygens (including phenoxy) is 1. The van der Waals surface area contributed by atoms with Gasteiger partial charge in [0.05, 0.1) is 22.9 Å². The van der Waals surface area contributed by atoms with Gasteiger partial charge in [-0.2, -0.15) is 5.26 Å². The van der Waals surface area contributed by atoms with E-state index < -0.39 is 16.0 Å². The number of carbonyl (C=O) groups excluding carboxylic acids is 1. The molecule has 2 aromatic carbocycles. The van der Waals surface area contributed by atoms with Crippen LogP contribution < -0.4 is 4.72 Å². The first-order valence-corrected chi connectivity index (χ1v) is 9.52. The smallest absolute Gasteiger partial charge is 0.307 e. The number of hydrogen-bond donors (Lipinski definition) is 1. The van der Waals surface area contributed by atoms with Crippen molar-refractivity contribution in [2.45, 2.75) is 31.8 Å². The minimum absolute atomic E-state index is 0.0214. The van der Waals surface area contributed by atoms with Crippen LogP contribution in [0.5, 0.6) is 0 Å². The molecule has 2 rings (SSSR count). The third-order valence-electron chi connectivity index (χ3n) is 3.77. The van der Waals surface area contributed by atoms with E-state index in [4.69, 9.17) is 10.00 Å². The highest BCUT2D eigenvalue weighted by molar-refractivity contribution is 7.89. The van der Waals surface area contributed by atoms with Gasteiger partial charge in [0.15, 0.2) is 0 Å². The molecule has 0 aromatic heterocycles. The molecule has 1 N–H and O–H groups in total. The van der Waals surface area contributed by atoms with Gasteiger partial charge >= 0.3 is 5.97 Å². The molecule has 0 fully saturated rings. The van der Waals surface area contributed by atoms with Gasteiger partial charge in [-0.1, -0.05) is 35.9 Å². The van der Waals surface area contributed by atoms with Gasteiger partial charge in [0.2, 0.25) is 10.0 Å². The largest absolute Gasteiger partial charge is 0.461 e. The van der Waals surface area contributed by atoms with Crippen LogP contribution in [0.15, 0.2) is 47.4 Å². The number of nitrogens with zero attached hydrogens (tertiary/aromatic N) is 1. The lowest BCUT2D eigenvalue weighted by atomic mass is 10.1. The zero-order valence-electron chi connectivity index (χ0n) is 14.7. The van der Waals surface area contributed by atoms with E-state index in [-0.39, 0.29) is 24.5 Å². The van der Waals surface area contributed by atoms with E-state index in [0.717, 1.165) is 5.56 Å². The second kappa shape index (κ2) is 8.61. The number of rotatable bonds is 7. The van der Waals surface area contributed by atoms with Crippen molar-refractivity contribution in [2.75, 3.05) is 6.54 Å². The zero-order chi connectivity index (χ0) is 19.2. The van der Waals surface area contributed by atoms with Gasteiger partial charge in [0, 0.05) is 12.1 Å². The lowest BCUT2D eigenvalue weighted by molar-refractivity contribution is -0.144. The Morgan fingerprint density at radius 1 is 1.19 bits per heavy atom. The Balaban J connectivity index is 1.87. The second-order valence-corrected chi connectivity index (χ2v) is 7.58. The van der Waals surface area contributed by atoms with Gasteiger partial charge in [-0.15, -0.1) is 0 Å². The summed E-state index contributed by atoms with van der Waals surface area (Å²) in [5.41, 5.74) is 2.67. The molecule has 0 heterocycles. The maximum atomic E-state index is 12.3. The summed E-state index contributed by atoms with van der Waals surface area (Å²) < 4.78 is 32.1. The van der Waals surface area contributed by atoms with Crippen molar-refractivity contribution in [3.8, 4) is 6.07 Å².